The molecule has 0 saturated carbocycles. The molecule has 7 nitrogen and oxygen atoms in total. The largest absolute Gasteiger partial charge is 0.493 e. The number of methoxy groups -OCH3 is 1. The van der Waals surface area contributed by atoms with Gasteiger partial charge in [0, 0.05) is 21.7 Å². The molecule has 1 atom stereocenters. The highest BCUT2D eigenvalue weighted by Gasteiger charge is 2.14. The van der Waals surface area contributed by atoms with Crippen molar-refractivity contribution in [3.63, 3.8) is 0 Å². The van der Waals surface area contributed by atoms with E-state index in [0.29, 0.717) is 32.7 Å². The smallest absolute Gasteiger partial charge is 0.329 e. The Hall–Kier alpha value is -2.77. The SMILES string of the molecule is CC[C@H](C)NC(=O)C(=O)N/N=C\c1ccc(OCc2c(Cl)cccc2Cl)c(OC)c1. The van der Waals surface area contributed by atoms with Crippen LogP contribution in [0, 0.1) is 0 Å². The van der Waals surface area contributed by atoms with Crippen molar-refractivity contribution >= 4 is 41.2 Å². The fourth-order valence-electron chi connectivity index (χ4n) is 2.31. The van der Waals surface area contributed by atoms with Crippen molar-refractivity contribution in [2.24, 2.45) is 5.10 Å². The molecular weight excluding hydrogens is 429 g/mol. The number of halogens is 2. The van der Waals surface area contributed by atoms with Crippen LogP contribution in [0.3, 0.4) is 0 Å². The molecule has 30 heavy (non-hydrogen) atoms. The third-order valence-electron chi connectivity index (χ3n) is 4.20. The van der Waals surface area contributed by atoms with Crippen LogP contribution in [0.5, 0.6) is 11.5 Å². The highest BCUT2D eigenvalue weighted by atomic mass is 35.5. The molecular formula is C21H23Cl2N3O4. The molecule has 0 aliphatic carbocycles. The van der Waals surface area contributed by atoms with Gasteiger partial charge in [-0.25, -0.2) is 5.43 Å². The Morgan fingerprint density at radius 3 is 2.47 bits per heavy atom. The highest BCUT2D eigenvalue weighted by molar-refractivity contribution is 6.36. The molecule has 2 N–H and O–H groups in total. The molecule has 2 amide bonds. The molecule has 0 saturated heterocycles. The van der Waals surface area contributed by atoms with Gasteiger partial charge in [0.2, 0.25) is 0 Å². The number of ether oxygens (including phenoxy) is 2. The number of rotatable bonds is 8. The summed E-state index contributed by atoms with van der Waals surface area (Å²) in [5, 5.41) is 7.38. The maximum atomic E-state index is 11.7. The van der Waals surface area contributed by atoms with Gasteiger partial charge in [-0.2, -0.15) is 5.10 Å². The van der Waals surface area contributed by atoms with Gasteiger partial charge >= 0.3 is 11.8 Å². The Morgan fingerprint density at radius 1 is 1.13 bits per heavy atom. The van der Waals surface area contributed by atoms with Crippen LogP contribution >= 0.6 is 23.2 Å². The van der Waals surface area contributed by atoms with Crippen molar-refractivity contribution in [3.05, 3.63) is 57.6 Å². The molecule has 9 heteroatoms. The number of amides is 2. The second-order valence-corrected chi connectivity index (χ2v) is 7.20. The Bertz CT molecular complexity index is 914. The van der Waals surface area contributed by atoms with E-state index >= 15 is 0 Å². The van der Waals surface area contributed by atoms with E-state index in [4.69, 9.17) is 32.7 Å². The van der Waals surface area contributed by atoms with Gasteiger partial charge in [0.25, 0.3) is 0 Å². The quantitative estimate of drug-likeness (QED) is 0.361. The molecule has 0 unspecified atom stereocenters. The minimum absolute atomic E-state index is 0.0929. The molecule has 0 heterocycles. The lowest BCUT2D eigenvalue weighted by atomic mass is 10.2. The number of carbonyl (C=O) groups is 2. The maximum absolute atomic E-state index is 11.7. The maximum Gasteiger partial charge on any atom is 0.329 e. The van der Waals surface area contributed by atoms with E-state index in [1.54, 1.807) is 36.4 Å². The van der Waals surface area contributed by atoms with Crippen molar-refractivity contribution in [1.29, 1.82) is 0 Å². The van der Waals surface area contributed by atoms with Crippen LogP contribution in [0.1, 0.15) is 31.4 Å². The summed E-state index contributed by atoms with van der Waals surface area (Å²) in [5.74, 6) is -0.623. The van der Waals surface area contributed by atoms with E-state index in [-0.39, 0.29) is 12.6 Å². The van der Waals surface area contributed by atoms with Crippen LogP contribution < -0.4 is 20.2 Å². The normalized spacial score (nSPS) is 11.8. The molecule has 2 aromatic rings. The Labute approximate surface area is 185 Å². The summed E-state index contributed by atoms with van der Waals surface area (Å²) in [7, 11) is 1.51. The molecule has 0 radical (unpaired) electrons. The summed E-state index contributed by atoms with van der Waals surface area (Å²) >= 11 is 12.3. The third-order valence-corrected chi connectivity index (χ3v) is 4.91. The van der Waals surface area contributed by atoms with Gasteiger partial charge < -0.3 is 14.8 Å². The summed E-state index contributed by atoms with van der Waals surface area (Å²) in [6.45, 7) is 3.89. The zero-order chi connectivity index (χ0) is 22.1. The van der Waals surface area contributed by atoms with Crippen LogP contribution in [0.4, 0.5) is 0 Å². The number of nitrogens with zero attached hydrogens (tertiary/aromatic N) is 1. The minimum atomic E-state index is -0.838. The average Bonchev–Trinajstić information content (AvgIpc) is 2.73. The van der Waals surface area contributed by atoms with Crippen LogP contribution in [0.2, 0.25) is 10.0 Å². The first-order valence-corrected chi connectivity index (χ1v) is 9.98. The lowest BCUT2D eigenvalue weighted by Crippen LogP contribution is -2.41. The minimum Gasteiger partial charge on any atom is -0.493 e. The van der Waals surface area contributed by atoms with Crippen molar-refractivity contribution in [2.75, 3.05) is 7.11 Å². The van der Waals surface area contributed by atoms with Gasteiger partial charge in [0.1, 0.15) is 6.61 Å². The molecule has 160 valence electrons. The van der Waals surface area contributed by atoms with Gasteiger partial charge in [0.05, 0.1) is 13.3 Å². The zero-order valence-electron chi connectivity index (χ0n) is 16.9. The number of hydrazone groups is 1. The van der Waals surface area contributed by atoms with E-state index in [0.717, 1.165) is 6.42 Å². The zero-order valence-corrected chi connectivity index (χ0v) is 18.4. The second kappa shape index (κ2) is 11.4. The lowest BCUT2D eigenvalue weighted by Gasteiger charge is -2.13. The van der Waals surface area contributed by atoms with E-state index in [9.17, 15) is 9.59 Å². The molecule has 0 fully saturated rings. The second-order valence-electron chi connectivity index (χ2n) is 6.38. The molecule has 0 spiro atoms. The van der Waals surface area contributed by atoms with Crippen molar-refractivity contribution < 1.29 is 19.1 Å². The predicted molar refractivity (Wildman–Crippen MR) is 117 cm³/mol. The van der Waals surface area contributed by atoms with Gasteiger partial charge in [-0.15, -0.1) is 0 Å². The van der Waals surface area contributed by atoms with E-state index in [1.165, 1.54) is 13.3 Å². The molecule has 0 aromatic heterocycles. The number of carbonyl (C=O) groups excluding carboxylic acids is 2. The van der Waals surface area contributed by atoms with Crippen LogP contribution in [-0.4, -0.2) is 31.2 Å². The van der Waals surface area contributed by atoms with E-state index in [1.807, 2.05) is 13.8 Å². The molecule has 0 bridgehead atoms. The monoisotopic (exact) mass is 451 g/mol. The number of nitrogens with one attached hydrogen (secondary N) is 2. The van der Waals surface area contributed by atoms with Gasteiger partial charge in [-0.1, -0.05) is 36.2 Å². The summed E-state index contributed by atoms with van der Waals surface area (Å²) in [4.78, 5) is 23.4. The van der Waals surface area contributed by atoms with E-state index < -0.39 is 11.8 Å². The van der Waals surface area contributed by atoms with Crippen molar-refractivity contribution in [3.8, 4) is 11.5 Å². The first-order valence-electron chi connectivity index (χ1n) is 9.23. The standard InChI is InChI=1S/C21H23Cl2N3O4/c1-4-13(2)25-20(27)21(28)26-24-11-14-8-9-18(19(10-14)29-3)30-12-15-16(22)6-5-7-17(15)23/h5-11,13H,4,12H2,1-3H3,(H,25,27)(H,26,28)/b24-11-/t13-/m0/s1. The van der Waals surface area contributed by atoms with E-state index in [2.05, 4.69) is 15.8 Å². The predicted octanol–water partition coefficient (Wildman–Crippen LogP) is 3.95. The molecule has 2 aromatic carbocycles. The van der Waals surface area contributed by atoms with Gasteiger partial charge in [-0.05, 0) is 49.2 Å². The molecule has 0 aliphatic heterocycles. The topological polar surface area (TPSA) is 89.0 Å². The fourth-order valence-corrected chi connectivity index (χ4v) is 2.82. The van der Waals surface area contributed by atoms with Gasteiger partial charge in [-0.3, -0.25) is 9.59 Å². The molecule has 0 aliphatic rings. The molecule has 2 rings (SSSR count). The first-order chi connectivity index (χ1) is 14.3. The number of benzene rings is 2. The first kappa shape index (κ1) is 23.5. The number of hydrogen-bond acceptors (Lipinski definition) is 5. The highest BCUT2D eigenvalue weighted by Crippen LogP contribution is 2.31. The Kier molecular flexibility index (Phi) is 8.95. The summed E-state index contributed by atoms with van der Waals surface area (Å²) < 4.78 is 11.1. The van der Waals surface area contributed by atoms with Crippen molar-refractivity contribution in [1.82, 2.24) is 10.7 Å². The lowest BCUT2D eigenvalue weighted by molar-refractivity contribution is -0.139. The summed E-state index contributed by atoms with van der Waals surface area (Å²) in [6.07, 6.45) is 2.12. The third kappa shape index (κ3) is 6.64. The van der Waals surface area contributed by atoms with Crippen LogP contribution in [0.15, 0.2) is 41.5 Å². The van der Waals surface area contributed by atoms with Gasteiger partial charge in [0.15, 0.2) is 11.5 Å². The summed E-state index contributed by atoms with van der Waals surface area (Å²) in [6, 6.07) is 10.2. The number of hydrogen-bond donors (Lipinski definition) is 2. The fraction of sp³-hybridized carbons (Fsp3) is 0.286. The van der Waals surface area contributed by atoms with Crippen molar-refractivity contribution in [2.45, 2.75) is 32.9 Å². The summed E-state index contributed by atoms with van der Waals surface area (Å²) in [5.41, 5.74) is 3.50. The Balaban J connectivity index is 2.00. The Morgan fingerprint density at radius 2 is 1.83 bits per heavy atom. The van der Waals surface area contributed by atoms with Crippen LogP contribution in [-0.2, 0) is 16.2 Å². The average molecular weight is 452 g/mol. The van der Waals surface area contributed by atoms with Crippen LogP contribution in [0.25, 0.3) is 0 Å².